The van der Waals surface area contributed by atoms with E-state index in [9.17, 15) is 14.0 Å². The zero-order valence-electron chi connectivity index (χ0n) is 17.3. The molecule has 1 saturated carbocycles. The summed E-state index contributed by atoms with van der Waals surface area (Å²) < 4.78 is 26.3. The van der Waals surface area contributed by atoms with Gasteiger partial charge >= 0.3 is 192 Å². The van der Waals surface area contributed by atoms with Crippen LogP contribution in [0.2, 0.25) is 0 Å². The number of halogens is 1. The molecule has 2 heterocycles. The van der Waals surface area contributed by atoms with E-state index in [1.807, 2.05) is 0 Å². The van der Waals surface area contributed by atoms with Crippen LogP contribution in [0.25, 0.3) is 11.4 Å². The molecule has 13 heteroatoms. The first-order chi connectivity index (χ1) is 15.4. The van der Waals surface area contributed by atoms with Gasteiger partial charge in [0, 0.05) is 0 Å². The first-order valence-corrected chi connectivity index (χ1v) is 10.8. The molecule has 11 nitrogen and oxygen atoms in total. The summed E-state index contributed by atoms with van der Waals surface area (Å²) in [5.41, 5.74) is 0.549. The SMILES string of the molecule is COc1c(Nc2cc(NC(=O)C3CC3)nnc2C(=O)[O][Zn])cc(F)cc1-c1ncn(C)n1. The monoisotopic (exact) mass is 490 g/mol. The number of aromatic nitrogens is 5. The summed E-state index contributed by atoms with van der Waals surface area (Å²) in [6.07, 6.45) is 3.12. The number of nitrogens with one attached hydrogen (secondary N) is 2. The van der Waals surface area contributed by atoms with Gasteiger partial charge in [0.25, 0.3) is 0 Å². The zero-order valence-corrected chi connectivity index (χ0v) is 20.2. The van der Waals surface area contributed by atoms with Gasteiger partial charge < -0.3 is 0 Å². The number of carbonyl (C=O) groups excluding carboxylic acids is 2. The molecule has 0 atom stereocenters. The van der Waals surface area contributed by atoms with E-state index in [4.69, 9.17) is 8.30 Å². The number of ether oxygens (including phenoxy) is 1. The summed E-state index contributed by atoms with van der Waals surface area (Å²) in [6.45, 7) is 0. The third-order valence-electron chi connectivity index (χ3n) is 4.69. The number of nitrogens with zero attached hydrogens (tertiary/aromatic N) is 5. The predicted octanol–water partition coefficient (Wildman–Crippen LogP) is 2.13. The number of methoxy groups -OCH3 is 1. The Bertz CT molecular complexity index is 1200. The Morgan fingerprint density at radius 3 is 2.62 bits per heavy atom. The van der Waals surface area contributed by atoms with Crippen LogP contribution in [0, 0.1) is 11.7 Å². The van der Waals surface area contributed by atoms with Crippen molar-refractivity contribution < 1.29 is 40.9 Å². The van der Waals surface area contributed by atoms with Crippen LogP contribution in [0.15, 0.2) is 24.5 Å². The molecule has 0 unspecified atom stereocenters. The van der Waals surface area contributed by atoms with E-state index < -0.39 is 11.8 Å². The number of hydrogen-bond acceptors (Lipinski definition) is 9. The van der Waals surface area contributed by atoms with Gasteiger partial charge in [-0.3, -0.25) is 0 Å². The van der Waals surface area contributed by atoms with E-state index in [1.54, 1.807) is 7.05 Å². The van der Waals surface area contributed by atoms with Gasteiger partial charge in [-0.15, -0.1) is 0 Å². The molecule has 3 aromatic rings. The second-order valence-corrected chi connectivity index (χ2v) is 7.69. The first-order valence-electron chi connectivity index (χ1n) is 9.55. The van der Waals surface area contributed by atoms with Crippen LogP contribution >= 0.6 is 0 Å². The average molecular weight is 492 g/mol. The summed E-state index contributed by atoms with van der Waals surface area (Å²) in [7, 11) is 3.11. The topological polar surface area (TPSA) is 133 Å². The molecule has 0 bridgehead atoms. The van der Waals surface area contributed by atoms with Crippen LogP contribution < -0.4 is 15.4 Å². The minimum atomic E-state index is -0.706. The van der Waals surface area contributed by atoms with Crippen molar-refractivity contribution in [2.24, 2.45) is 13.0 Å². The van der Waals surface area contributed by atoms with E-state index in [2.05, 4.69) is 30.9 Å². The Morgan fingerprint density at radius 1 is 1.22 bits per heavy atom. The molecule has 0 radical (unpaired) electrons. The number of hydrogen-bond donors (Lipinski definition) is 2. The predicted molar refractivity (Wildman–Crippen MR) is 105 cm³/mol. The maximum atomic E-state index is 14.5. The number of amides is 1. The number of rotatable bonds is 7. The fourth-order valence-electron chi connectivity index (χ4n) is 3.02. The van der Waals surface area contributed by atoms with Crippen molar-refractivity contribution >= 4 is 29.1 Å². The van der Waals surface area contributed by atoms with Crippen molar-refractivity contribution in [2.45, 2.75) is 12.8 Å². The Balaban J connectivity index is 1.75. The van der Waals surface area contributed by atoms with Crippen LogP contribution in [0.5, 0.6) is 5.75 Å². The van der Waals surface area contributed by atoms with Crippen LogP contribution in [-0.4, -0.2) is 43.9 Å². The van der Waals surface area contributed by atoms with Crippen LogP contribution in [-0.2, 0) is 34.1 Å². The van der Waals surface area contributed by atoms with Gasteiger partial charge in [-0.05, 0) is 0 Å². The Labute approximate surface area is 191 Å². The molecule has 1 amide bonds. The van der Waals surface area contributed by atoms with Gasteiger partial charge in [0.1, 0.15) is 0 Å². The summed E-state index contributed by atoms with van der Waals surface area (Å²) >= 11 is 0.249. The second kappa shape index (κ2) is 8.95. The van der Waals surface area contributed by atoms with E-state index >= 15 is 0 Å². The van der Waals surface area contributed by atoms with Gasteiger partial charge in [-0.2, -0.15) is 0 Å². The van der Waals surface area contributed by atoms with Gasteiger partial charge in [0.2, 0.25) is 0 Å². The third kappa shape index (κ3) is 4.57. The van der Waals surface area contributed by atoms with Crippen molar-refractivity contribution in [3.05, 3.63) is 36.0 Å². The van der Waals surface area contributed by atoms with Crippen molar-refractivity contribution in [3.8, 4) is 17.1 Å². The summed E-state index contributed by atoms with van der Waals surface area (Å²) in [6, 6.07) is 3.88. The standard InChI is InChI=1S/C19H18FN7O4.Zn/c1-27-8-21-17(26-27)11-5-10(20)6-13(16(11)31-2)22-12-7-14(23-18(28)9-3-4-9)24-25-15(12)19(29)30;/h5-9H,3-4H2,1-2H3,(H,29,30)(H2,22,23,24,28);/q;+1/p-1. The van der Waals surface area contributed by atoms with Gasteiger partial charge in [-0.1, -0.05) is 0 Å². The quantitative estimate of drug-likeness (QED) is 0.477. The molecule has 32 heavy (non-hydrogen) atoms. The molecule has 1 aromatic carbocycles. The van der Waals surface area contributed by atoms with Gasteiger partial charge in [0.15, 0.2) is 0 Å². The number of aryl methyl sites for hydroxylation is 1. The molecule has 0 aliphatic heterocycles. The van der Waals surface area contributed by atoms with Gasteiger partial charge in [-0.25, -0.2) is 0 Å². The second-order valence-electron chi connectivity index (χ2n) is 7.09. The van der Waals surface area contributed by atoms with E-state index in [0.717, 1.165) is 12.8 Å². The first kappa shape index (κ1) is 21.8. The average Bonchev–Trinajstić information content (AvgIpc) is 3.54. The molecule has 0 spiro atoms. The molecule has 161 valence electrons. The van der Waals surface area contributed by atoms with E-state index in [1.165, 1.54) is 36.3 Å². The maximum absolute atomic E-state index is 14.5. The zero-order chi connectivity index (χ0) is 22.8. The molecule has 1 aliphatic carbocycles. The van der Waals surface area contributed by atoms with Crippen LogP contribution in [0.4, 0.5) is 21.6 Å². The Hall–Kier alpha value is -3.47. The van der Waals surface area contributed by atoms with Gasteiger partial charge in [0.05, 0.1) is 0 Å². The molecular weight excluding hydrogens is 475 g/mol. The Morgan fingerprint density at radius 2 is 2.00 bits per heavy atom. The summed E-state index contributed by atoms with van der Waals surface area (Å²) in [5.74, 6) is -0.841. The van der Waals surface area contributed by atoms with Crippen molar-refractivity contribution in [3.63, 3.8) is 0 Å². The molecule has 1 fully saturated rings. The molecule has 1 aliphatic rings. The van der Waals surface area contributed by atoms with Crippen LogP contribution in [0.3, 0.4) is 0 Å². The number of benzene rings is 1. The number of anilines is 3. The molecule has 0 saturated heterocycles. The third-order valence-corrected chi connectivity index (χ3v) is 5.24. The molecule has 4 rings (SSSR count). The van der Waals surface area contributed by atoms with Crippen molar-refractivity contribution in [1.82, 2.24) is 25.0 Å². The van der Waals surface area contributed by atoms with E-state index in [0.29, 0.717) is 5.56 Å². The molecule has 2 N–H and O–H groups in total. The van der Waals surface area contributed by atoms with E-state index in [-0.39, 0.29) is 64.9 Å². The molecule has 2 aromatic heterocycles. The number of carbonyl (C=O) groups is 2. The fourth-order valence-corrected chi connectivity index (χ4v) is 3.31. The van der Waals surface area contributed by atoms with Crippen LogP contribution in [0.1, 0.15) is 23.3 Å². The van der Waals surface area contributed by atoms with Crippen molar-refractivity contribution in [2.75, 3.05) is 17.7 Å². The summed E-state index contributed by atoms with van der Waals surface area (Å²) in [5, 5.41) is 17.6. The van der Waals surface area contributed by atoms with Crippen molar-refractivity contribution in [1.29, 1.82) is 0 Å². The fraction of sp³-hybridized carbons (Fsp3) is 0.263. The Kier molecular flexibility index (Phi) is 6.09. The minimum absolute atomic E-state index is 0.0457. The summed E-state index contributed by atoms with van der Waals surface area (Å²) in [4.78, 5) is 28.5. The molecular formula is C19H17FN7O4Zn. The normalized spacial score (nSPS) is 12.9.